The van der Waals surface area contributed by atoms with Crippen LogP contribution in [0.5, 0.6) is 5.75 Å². The molecule has 0 fully saturated rings. The highest BCUT2D eigenvalue weighted by molar-refractivity contribution is 8.14. The van der Waals surface area contributed by atoms with E-state index in [0.29, 0.717) is 5.75 Å². The fraction of sp³-hybridized carbons (Fsp3) is 0.231. The van der Waals surface area contributed by atoms with Crippen molar-refractivity contribution in [1.29, 1.82) is 0 Å². The van der Waals surface area contributed by atoms with Gasteiger partial charge in [-0.2, -0.15) is 0 Å². The minimum atomic E-state index is -3.67. The third kappa shape index (κ3) is 3.37. The number of halogens is 1. The molecule has 0 heterocycles. The number of para-hydroxylation sites is 1. The molecule has 0 saturated carbocycles. The molecular weight excluding hydrogens is 288 g/mol. The maximum atomic E-state index is 11.2. The predicted octanol–water partition coefficient (Wildman–Crippen LogP) is 2.47. The molecule has 0 unspecified atom stereocenters. The Balaban J connectivity index is 2.21. The van der Waals surface area contributed by atoms with E-state index in [1.54, 1.807) is 12.1 Å². The average Bonchev–Trinajstić information content (AvgIpc) is 2.39. The van der Waals surface area contributed by atoms with E-state index in [1.165, 1.54) is 31.4 Å². The lowest BCUT2D eigenvalue weighted by atomic mass is 10.1. The van der Waals surface area contributed by atoms with Crippen LogP contribution < -0.4 is 4.74 Å². The minimum absolute atomic E-state index is 0.617. The molecular formula is C13H13ClO4S. The summed E-state index contributed by atoms with van der Waals surface area (Å²) in [6.45, 7) is 0. The molecule has 0 spiro atoms. The Labute approximate surface area is 116 Å². The Hall–Kier alpha value is -1.30. The van der Waals surface area contributed by atoms with Crippen LogP contribution in [0.15, 0.2) is 54.6 Å². The second-order valence-corrected chi connectivity index (χ2v) is 6.78. The first-order valence-corrected chi connectivity index (χ1v) is 7.94. The maximum absolute atomic E-state index is 11.2. The molecule has 1 aromatic rings. The zero-order valence-corrected chi connectivity index (χ0v) is 11.8. The molecule has 0 N–H and O–H groups in total. The first-order chi connectivity index (χ1) is 8.95. The Morgan fingerprint density at radius 3 is 2.21 bits per heavy atom. The predicted molar refractivity (Wildman–Crippen MR) is 73.7 cm³/mol. The summed E-state index contributed by atoms with van der Waals surface area (Å²) in [5.74, 6) is -0.495. The molecule has 1 aromatic carbocycles. The number of hydrogen-bond acceptors (Lipinski definition) is 4. The van der Waals surface area contributed by atoms with E-state index in [0.717, 1.165) is 0 Å². The largest absolute Gasteiger partial charge is 0.455 e. The van der Waals surface area contributed by atoms with Crippen molar-refractivity contribution in [2.45, 2.75) is 11.0 Å². The SMILES string of the molecule is COC1(Oc2ccccc2)C=CC(S(=O)(=O)Cl)C=C1. The molecule has 2 rings (SSSR count). The maximum Gasteiger partial charge on any atom is 0.250 e. The van der Waals surface area contributed by atoms with Gasteiger partial charge in [-0.3, -0.25) is 0 Å². The number of hydrogen-bond donors (Lipinski definition) is 0. The van der Waals surface area contributed by atoms with Crippen molar-refractivity contribution in [3.63, 3.8) is 0 Å². The third-order valence-corrected chi connectivity index (χ3v) is 4.28. The molecule has 0 radical (unpaired) electrons. The second kappa shape index (κ2) is 5.36. The standard InChI is InChI=1S/C13H13ClO4S/c1-17-13(18-11-5-3-2-4-6-11)9-7-12(8-10-13)19(14,15)16/h2-10,12H,1H3. The summed E-state index contributed by atoms with van der Waals surface area (Å²) < 4.78 is 33.5. The first-order valence-electron chi connectivity index (χ1n) is 5.57. The van der Waals surface area contributed by atoms with Crippen LogP contribution >= 0.6 is 10.7 Å². The van der Waals surface area contributed by atoms with E-state index in [9.17, 15) is 8.42 Å². The van der Waals surface area contributed by atoms with Gasteiger partial charge in [0.1, 0.15) is 11.0 Å². The van der Waals surface area contributed by atoms with Gasteiger partial charge in [-0.05, 0) is 24.3 Å². The molecule has 4 nitrogen and oxygen atoms in total. The molecule has 1 aliphatic rings. The van der Waals surface area contributed by atoms with Gasteiger partial charge < -0.3 is 9.47 Å². The van der Waals surface area contributed by atoms with Gasteiger partial charge in [0.25, 0.3) is 0 Å². The first kappa shape index (κ1) is 14.1. The van der Waals surface area contributed by atoms with Gasteiger partial charge in [-0.1, -0.05) is 30.4 Å². The monoisotopic (exact) mass is 300 g/mol. The third-order valence-electron chi connectivity index (χ3n) is 2.70. The summed E-state index contributed by atoms with van der Waals surface area (Å²) in [6, 6.07) is 9.11. The summed E-state index contributed by atoms with van der Waals surface area (Å²) in [4.78, 5) is 0. The van der Waals surface area contributed by atoms with Crippen molar-refractivity contribution in [1.82, 2.24) is 0 Å². The smallest absolute Gasteiger partial charge is 0.250 e. The number of ether oxygens (including phenoxy) is 2. The molecule has 1 aliphatic carbocycles. The van der Waals surface area contributed by atoms with Crippen LogP contribution in [0, 0.1) is 0 Å². The average molecular weight is 301 g/mol. The lowest BCUT2D eigenvalue weighted by molar-refractivity contribution is -0.0859. The van der Waals surface area contributed by atoms with Crippen LogP contribution in [-0.2, 0) is 13.8 Å². The highest BCUT2D eigenvalue weighted by Gasteiger charge is 2.32. The normalized spacial score (nSPS) is 26.3. The van der Waals surface area contributed by atoms with E-state index in [1.807, 2.05) is 18.2 Å². The molecule has 0 bridgehead atoms. The summed E-state index contributed by atoms with van der Waals surface area (Å²) in [5, 5.41) is -0.864. The lowest BCUT2D eigenvalue weighted by Crippen LogP contribution is -2.36. The molecule has 0 amide bonds. The van der Waals surface area contributed by atoms with E-state index in [-0.39, 0.29) is 0 Å². The van der Waals surface area contributed by atoms with Crippen LogP contribution in [0.4, 0.5) is 0 Å². The van der Waals surface area contributed by atoms with Crippen LogP contribution in [0.1, 0.15) is 0 Å². The van der Waals surface area contributed by atoms with E-state index < -0.39 is 20.1 Å². The van der Waals surface area contributed by atoms with Crippen molar-refractivity contribution in [3.05, 3.63) is 54.6 Å². The Bertz CT molecular complexity index is 578. The van der Waals surface area contributed by atoms with Gasteiger partial charge in [0.15, 0.2) is 0 Å². The van der Waals surface area contributed by atoms with E-state index >= 15 is 0 Å². The van der Waals surface area contributed by atoms with Gasteiger partial charge >= 0.3 is 0 Å². The molecule has 19 heavy (non-hydrogen) atoms. The Morgan fingerprint density at radius 1 is 1.16 bits per heavy atom. The number of methoxy groups -OCH3 is 1. The van der Waals surface area contributed by atoms with Gasteiger partial charge in [-0.15, -0.1) is 0 Å². The zero-order chi connectivity index (χ0) is 13.9. The summed E-state index contributed by atoms with van der Waals surface area (Å²) in [7, 11) is 3.11. The van der Waals surface area contributed by atoms with Crippen molar-refractivity contribution in [3.8, 4) is 5.75 Å². The Morgan fingerprint density at radius 2 is 1.74 bits per heavy atom. The Kier molecular flexibility index (Phi) is 3.99. The molecule has 6 heteroatoms. The highest BCUT2D eigenvalue weighted by atomic mass is 35.7. The van der Waals surface area contributed by atoms with Crippen LogP contribution in [-0.4, -0.2) is 26.6 Å². The topological polar surface area (TPSA) is 52.6 Å². The van der Waals surface area contributed by atoms with Gasteiger partial charge in [-0.25, -0.2) is 8.42 Å². The van der Waals surface area contributed by atoms with Gasteiger partial charge in [0.05, 0.1) is 0 Å². The van der Waals surface area contributed by atoms with E-state index in [2.05, 4.69) is 0 Å². The number of benzene rings is 1. The summed E-state index contributed by atoms with van der Waals surface area (Å²) in [5.41, 5.74) is 0. The van der Waals surface area contributed by atoms with Crippen molar-refractivity contribution in [2.75, 3.05) is 7.11 Å². The van der Waals surface area contributed by atoms with Gasteiger partial charge in [0.2, 0.25) is 14.8 Å². The molecule has 0 atom stereocenters. The zero-order valence-electron chi connectivity index (χ0n) is 10.2. The molecule has 0 aliphatic heterocycles. The minimum Gasteiger partial charge on any atom is -0.455 e. The van der Waals surface area contributed by atoms with Crippen LogP contribution in [0.3, 0.4) is 0 Å². The fourth-order valence-corrected chi connectivity index (χ4v) is 2.57. The number of rotatable bonds is 4. The summed E-state index contributed by atoms with van der Waals surface area (Å²) in [6.07, 6.45) is 5.94. The van der Waals surface area contributed by atoms with E-state index in [4.69, 9.17) is 20.2 Å². The van der Waals surface area contributed by atoms with Crippen LogP contribution in [0.25, 0.3) is 0 Å². The highest BCUT2D eigenvalue weighted by Crippen LogP contribution is 2.27. The quantitative estimate of drug-likeness (QED) is 0.487. The second-order valence-electron chi connectivity index (χ2n) is 4.00. The fourth-order valence-electron chi connectivity index (χ4n) is 1.68. The summed E-state index contributed by atoms with van der Waals surface area (Å²) >= 11 is 0. The van der Waals surface area contributed by atoms with Gasteiger partial charge in [0, 0.05) is 17.8 Å². The van der Waals surface area contributed by atoms with Crippen molar-refractivity contribution < 1.29 is 17.9 Å². The molecule has 0 aromatic heterocycles. The van der Waals surface area contributed by atoms with Crippen molar-refractivity contribution >= 4 is 19.7 Å². The molecule has 102 valence electrons. The van der Waals surface area contributed by atoms with Crippen molar-refractivity contribution in [2.24, 2.45) is 0 Å². The van der Waals surface area contributed by atoms with Crippen LogP contribution in [0.2, 0.25) is 0 Å². The lowest BCUT2D eigenvalue weighted by Gasteiger charge is -2.29. The molecule has 0 saturated heterocycles.